The van der Waals surface area contributed by atoms with Gasteiger partial charge in [0.1, 0.15) is 0 Å². The number of hydrogen-bond acceptors (Lipinski definition) is 2. The maximum atomic E-state index is 4.61. The summed E-state index contributed by atoms with van der Waals surface area (Å²) in [7, 11) is 1.91. The SMILES string of the molecule is CCNC(=NCc1cnn(C)c1)NCCc1c[nH]c2ccccc12.I. The third kappa shape index (κ3) is 5.22. The largest absolute Gasteiger partial charge is 0.361 e. The molecule has 0 unspecified atom stereocenters. The number of benzene rings is 1. The van der Waals surface area contributed by atoms with Crippen LogP contribution in [0.3, 0.4) is 0 Å². The van der Waals surface area contributed by atoms with E-state index in [4.69, 9.17) is 0 Å². The van der Waals surface area contributed by atoms with E-state index in [1.54, 1.807) is 4.68 Å². The summed E-state index contributed by atoms with van der Waals surface area (Å²) in [5.41, 5.74) is 3.61. The molecule has 0 saturated carbocycles. The number of halogens is 1. The van der Waals surface area contributed by atoms with Gasteiger partial charge in [-0.1, -0.05) is 18.2 Å². The highest BCUT2D eigenvalue weighted by molar-refractivity contribution is 14.0. The Labute approximate surface area is 165 Å². The normalized spacial score (nSPS) is 11.4. The molecule has 2 aromatic heterocycles. The summed E-state index contributed by atoms with van der Waals surface area (Å²) in [6.45, 7) is 4.36. The van der Waals surface area contributed by atoms with Crippen LogP contribution in [0.2, 0.25) is 0 Å². The van der Waals surface area contributed by atoms with Crippen molar-refractivity contribution in [1.82, 2.24) is 25.4 Å². The minimum Gasteiger partial charge on any atom is -0.361 e. The molecule has 2 heterocycles. The van der Waals surface area contributed by atoms with Crippen molar-refractivity contribution in [3.8, 4) is 0 Å². The highest BCUT2D eigenvalue weighted by Crippen LogP contribution is 2.17. The molecule has 0 radical (unpaired) electrons. The number of nitrogens with one attached hydrogen (secondary N) is 3. The van der Waals surface area contributed by atoms with Gasteiger partial charge in [-0.2, -0.15) is 5.10 Å². The average molecular weight is 452 g/mol. The Morgan fingerprint density at radius 1 is 1.28 bits per heavy atom. The molecule has 0 aliphatic heterocycles. The molecule has 6 nitrogen and oxygen atoms in total. The van der Waals surface area contributed by atoms with Crippen LogP contribution in [-0.4, -0.2) is 33.8 Å². The number of para-hydroxylation sites is 1. The summed E-state index contributed by atoms with van der Waals surface area (Å²) in [4.78, 5) is 7.93. The molecule has 0 bridgehead atoms. The van der Waals surface area contributed by atoms with Gasteiger partial charge < -0.3 is 15.6 Å². The van der Waals surface area contributed by atoms with E-state index in [2.05, 4.69) is 63.1 Å². The van der Waals surface area contributed by atoms with Crippen LogP contribution in [0.25, 0.3) is 10.9 Å². The lowest BCUT2D eigenvalue weighted by molar-refractivity contribution is 0.766. The fourth-order valence-corrected chi connectivity index (χ4v) is 2.72. The molecule has 7 heteroatoms. The monoisotopic (exact) mass is 452 g/mol. The van der Waals surface area contributed by atoms with Crippen LogP contribution in [0.4, 0.5) is 0 Å². The summed E-state index contributed by atoms with van der Waals surface area (Å²) in [5.74, 6) is 0.834. The van der Waals surface area contributed by atoms with Crippen LogP contribution in [0.1, 0.15) is 18.1 Å². The number of guanidine groups is 1. The third-order valence-corrected chi connectivity index (χ3v) is 3.88. The predicted molar refractivity (Wildman–Crippen MR) is 113 cm³/mol. The Kier molecular flexibility index (Phi) is 7.30. The molecular weight excluding hydrogens is 427 g/mol. The zero-order valence-corrected chi connectivity index (χ0v) is 17.0. The Morgan fingerprint density at radius 3 is 2.88 bits per heavy atom. The number of fused-ring (bicyclic) bond motifs is 1. The van der Waals surface area contributed by atoms with Crippen molar-refractivity contribution < 1.29 is 0 Å². The molecule has 0 fully saturated rings. The Balaban J connectivity index is 0.00000225. The van der Waals surface area contributed by atoms with Gasteiger partial charge in [-0.15, -0.1) is 24.0 Å². The molecule has 0 amide bonds. The topological polar surface area (TPSA) is 70.0 Å². The summed E-state index contributed by atoms with van der Waals surface area (Å²) >= 11 is 0. The molecule has 3 aromatic rings. The number of rotatable bonds is 6. The number of aromatic amines is 1. The van der Waals surface area contributed by atoms with Gasteiger partial charge in [-0.05, 0) is 25.0 Å². The maximum Gasteiger partial charge on any atom is 0.191 e. The number of aromatic nitrogens is 3. The van der Waals surface area contributed by atoms with Crippen LogP contribution in [0, 0.1) is 0 Å². The molecule has 1 aromatic carbocycles. The predicted octanol–water partition coefficient (Wildman–Crippen LogP) is 2.82. The van der Waals surface area contributed by atoms with Crippen LogP contribution >= 0.6 is 24.0 Å². The van der Waals surface area contributed by atoms with Gasteiger partial charge in [0.2, 0.25) is 0 Å². The van der Waals surface area contributed by atoms with E-state index in [1.165, 1.54) is 16.5 Å². The second-order valence-corrected chi connectivity index (χ2v) is 5.75. The third-order valence-electron chi connectivity index (χ3n) is 3.88. The van der Waals surface area contributed by atoms with E-state index in [1.807, 2.05) is 19.4 Å². The first kappa shape index (κ1) is 19.3. The van der Waals surface area contributed by atoms with Crippen LogP contribution in [-0.2, 0) is 20.0 Å². The van der Waals surface area contributed by atoms with E-state index < -0.39 is 0 Å². The fraction of sp³-hybridized carbons (Fsp3) is 0.333. The van der Waals surface area contributed by atoms with Crippen molar-refractivity contribution in [3.05, 3.63) is 54.0 Å². The number of hydrogen-bond donors (Lipinski definition) is 3. The second-order valence-electron chi connectivity index (χ2n) is 5.75. The molecular formula is C18H25IN6. The highest BCUT2D eigenvalue weighted by atomic mass is 127. The van der Waals surface area contributed by atoms with Crippen LogP contribution < -0.4 is 10.6 Å². The quantitative estimate of drug-likeness (QED) is 0.306. The second kappa shape index (κ2) is 9.45. The van der Waals surface area contributed by atoms with Crippen molar-refractivity contribution in [3.63, 3.8) is 0 Å². The van der Waals surface area contributed by atoms with Crippen molar-refractivity contribution in [2.24, 2.45) is 12.0 Å². The lowest BCUT2D eigenvalue weighted by Crippen LogP contribution is -2.38. The zero-order valence-electron chi connectivity index (χ0n) is 14.6. The summed E-state index contributed by atoms with van der Waals surface area (Å²) in [5, 5.41) is 12.1. The number of H-pyrrole nitrogens is 1. The zero-order chi connectivity index (χ0) is 16.8. The summed E-state index contributed by atoms with van der Waals surface area (Å²) < 4.78 is 1.79. The van der Waals surface area contributed by atoms with Gasteiger partial charge in [0.25, 0.3) is 0 Å². The molecule has 0 spiro atoms. The van der Waals surface area contributed by atoms with E-state index in [0.717, 1.165) is 31.0 Å². The smallest absolute Gasteiger partial charge is 0.191 e. The molecule has 3 N–H and O–H groups in total. The number of aryl methyl sites for hydroxylation is 1. The van der Waals surface area contributed by atoms with E-state index in [0.29, 0.717) is 6.54 Å². The number of aliphatic imine (C=N–C) groups is 1. The molecule has 3 rings (SSSR count). The first-order chi connectivity index (χ1) is 11.8. The minimum atomic E-state index is 0. The Bertz CT molecular complexity index is 820. The standard InChI is InChI=1S/C18H24N6.HI/c1-3-19-18(22-10-14-11-23-24(2)13-14)20-9-8-15-12-21-17-7-5-4-6-16(15)17;/h4-7,11-13,21H,3,8-10H2,1-2H3,(H2,19,20,22);1H. The molecule has 25 heavy (non-hydrogen) atoms. The Hall–Kier alpha value is -2.03. The average Bonchev–Trinajstić information content (AvgIpc) is 3.19. The fourth-order valence-electron chi connectivity index (χ4n) is 2.72. The van der Waals surface area contributed by atoms with Crippen LogP contribution in [0.5, 0.6) is 0 Å². The summed E-state index contributed by atoms with van der Waals surface area (Å²) in [6.07, 6.45) is 6.87. The van der Waals surface area contributed by atoms with Gasteiger partial charge in [-0.3, -0.25) is 4.68 Å². The van der Waals surface area contributed by atoms with Gasteiger partial charge in [0.15, 0.2) is 5.96 Å². The van der Waals surface area contributed by atoms with Crippen molar-refractivity contribution >= 4 is 40.8 Å². The van der Waals surface area contributed by atoms with Crippen LogP contribution in [0.15, 0.2) is 47.8 Å². The summed E-state index contributed by atoms with van der Waals surface area (Å²) in [6, 6.07) is 8.39. The highest BCUT2D eigenvalue weighted by Gasteiger charge is 2.04. The first-order valence-electron chi connectivity index (χ1n) is 8.31. The van der Waals surface area contributed by atoms with Gasteiger partial charge in [-0.25, -0.2) is 4.99 Å². The molecule has 0 atom stereocenters. The lowest BCUT2D eigenvalue weighted by Gasteiger charge is -2.10. The Morgan fingerprint density at radius 2 is 2.12 bits per heavy atom. The van der Waals surface area contributed by atoms with Crippen molar-refractivity contribution in [2.75, 3.05) is 13.1 Å². The van der Waals surface area contributed by atoms with Gasteiger partial charge in [0, 0.05) is 49.0 Å². The minimum absolute atomic E-state index is 0. The van der Waals surface area contributed by atoms with Gasteiger partial charge in [0.05, 0.1) is 12.7 Å². The first-order valence-corrected chi connectivity index (χ1v) is 8.31. The molecule has 0 saturated heterocycles. The van der Waals surface area contributed by atoms with E-state index in [9.17, 15) is 0 Å². The molecule has 0 aliphatic rings. The van der Waals surface area contributed by atoms with Crippen molar-refractivity contribution in [1.29, 1.82) is 0 Å². The van der Waals surface area contributed by atoms with E-state index >= 15 is 0 Å². The van der Waals surface area contributed by atoms with E-state index in [-0.39, 0.29) is 24.0 Å². The molecule has 134 valence electrons. The van der Waals surface area contributed by atoms with Gasteiger partial charge >= 0.3 is 0 Å². The lowest BCUT2D eigenvalue weighted by atomic mass is 10.1. The van der Waals surface area contributed by atoms with Crippen molar-refractivity contribution in [2.45, 2.75) is 19.9 Å². The molecule has 0 aliphatic carbocycles. The maximum absolute atomic E-state index is 4.61. The number of nitrogens with zero attached hydrogens (tertiary/aromatic N) is 3.